The van der Waals surface area contributed by atoms with Crippen LogP contribution in [0.15, 0.2) is 88.2 Å². The molecule has 2 aromatic carbocycles. The molecule has 30 heavy (non-hydrogen) atoms. The second kappa shape index (κ2) is 8.78. The van der Waals surface area contributed by atoms with E-state index < -0.39 is 5.76 Å². The number of para-hydroxylation sites is 2. The number of aryl methyl sites for hydroxylation is 1. The maximum absolute atomic E-state index is 13.0. The average Bonchev–Trinajstić information content (AvgIpc) is 3.10. The number of benzene rings is 2. The fourth-order valence-electron chi connectivity index (χ4n) is 3.70. The van der Waals surface area contributed by atoms with Crippen molar-refractivity contribution in [1.82, 2.24) is 14.5 Å². The summed E-state index contributed by atoms with van der Waals surface area (Å²) < 4.78 is 6.84. The molecule has 0 saturated heterocycles. The molecule has 0 spiro atoms. The zero-order valence-corrected chi connectivity index (χ0v) is 16.8. The first-order valence-electron chi connectivity index (χ1n) is 9.95. The minimum atomic E-state index is -0.396. The molecule has 0 N–H and O–H groups in total. The third-order valence-corrected chi connectivity index (χ3v) is 5.21. The topological polar surface area (TPSA) is 68.3 Å². The van der Waals surface area contributed by atoms with E-state index >= 15 is 0 Å². The number of amides is 1. The van der Waals surface area contributed by atoms with Gasteiger partial charge in [0.1, 0.15) is 0 Å². The van der Waals surface area contributed by atoms with Crippen molar-refractivity contribution in [2.45, 2.75) is 25.4 Å². The first-order valence-corrected chi connectivity index (χ1v) is 9.95. The highest BCUT2D eigenvalue weighted by Gasteiger charge is 2.24. The fourth-order valence-corrected chi connectivity index (χ4v) is 3.70. The summed E-state index contributed by atoms with van der Waals surface area (Å²) in [5.41, 5.74) is 3.13. The van der Waals surface area contributed by atoms with Gasteiger partial charge in [0.2, 0.25) is 5.91 Å². The van der Waals surface area contributed by atoms with Gasteiger partial charge in [0, 0.05) is 26.2 Å². The summed E-state index contributed by atoms with van der Waals surface area (Å²) >= 11 is 0. The first-order chi connectivity index (χ1) is 14.6. The molecule has 1 atom stereocenters. The summed E-state index contributed by atoms with van der Waals surface area (Å²) in [6.07, 6.45) is 2.59. The van der Waals surface area contributed by atoms with Gasteiger partial charge < -0.3 is 9.32 Å². The van der Waals surface area contributed by atoms with Crippen molar-refractivity contribution in [3.63, 3.8) is 0 Å². The molecule has 1 amide bonds. The number of hydrogen-bond donors (Lipinski definition) is 0. The van der Waals surface area contributed by atoms with Crippen LogP contribution >= 0.6 is 0 Å². The Morgan fingerprint density at radius 1 is 1.03 bits per heavy atom. The highest BCUT2D eigenvalue weighted by molar-refractivity contribution is 5.77. The minimum absolute atomic E-state index is 0.00430. The van der Waals surface area contributed by atoms with Crippen LogP contribution in [0.4, 0.5) is 0 Å². The van der Waals surface area contributed by atoms with E-state index in [9.17, 15) is 9.59 Å². The number of fused-ring (bicyclic) bond motifs is 1. The molecule has 6 heteroatoms. The molecule has 0 fully saturated rings. The molecule has 0 radical (unpaired) electrons. The van der Waals surface area contributed by atoms with E-state index in [4.69, 9.17) is 4.42 Å². The molecular formula is C24H23N3O3. The molecular weight excluding hydrogens is 378 g/mol. The number of aromatic nitrogens is 2. The van der Waals surface area contributed by atoms with Gasteiger partial charge in [-0.15, -0.1) is 0 Å². The van der Waals surface area contributed by atoms with Crippen LogP contribution < -0.4 is 5.76 Å². The molecule has 0 aliphatic rings. The minimum Gasteiger partial charge on any atom is -0.408 e. The first kappa shape index (κ1) is 19.6. The van der Waals surface area contributed by atoms with E-state index in [0.717, 1.165) is 16.8 Å². The van der Waals surface area contributed by atoms with Gasteiger partial charge in [0.05, 0.1) is 17.3 Å². The van der Waals surface area contributed by atoms with Gasteiger partial charge >= 0.3 is 5.76 Å². The second-order valence-corrected chi connectivity index (χ2v) is 7.16. The predicted octanol–water partition coefficient (Wildman–Crippen LogP) is 4.02. The van der Waals surface area contributed by atoms with E-state index in [1.165, 1.54) is 0 Å². The summed E-state index contributed by atoms with van der Waals surface area (Å²) in [6, 6.07) is 22.6. The van der Waals surface area contributed by atoms with Crippen molar-refractivity contribution >= 4 is 17.0 Å². The van der Waals surface area contributed by atoms with Gasteiger partial charge in [-0.05, 0) is 36.2 Å². The SMILES string of the molecule is CN(C(=O)CCCn1c(=O)oc2ccccc21)C(c1ccccc1)c1ccccn1. The summed E-state index contributed by atoms with van der Waals surface area (Å²) in [7, 11) is 1.80. The highest BCUT2D eigenvalue weighted by Crippen LogP contribution is 2.26. The summed E-state index contributed by atoms with van der Waals surface area (Å²) in [6.45, 7) is 0.426. The van der Waals surface area contributed by atoms with E-state index in [1.54, 1.807) is 28.8 Å². The fraction of sp³-hybridized carbons (Fsp3) is 0.208. The molecule has 2 aromatic heterocycles. The molecule has 1 unspecified atom stereocenters. The number of oxazole rings is 1. The maximum Gasteiger partial charge on any atom is 0.419 e. The third kappa shape index (κ3) is 4.03. The van der Waals surface area contributed by atoms with E-state index in [2.05, 4.69) is 4.98 Å². The van der Waals surface area contributed by atoms with Gasteiger partial charge in [0.25, 0.3) is 0 Å². The smallest absolute Gasteiger partial charge is 0.408 e. The molecule has 0 bridgehead atoms. The Bertz CT molecular complexity index is 1140. The zero-order chi connectivity index (χ0) is 20.9. The normalized spacial score (nSPS) is 12.0. The summed E-state index contributed by atoms with van der Waals surface area (Å²) in [5, 5.41) is 0. The average molecular weight is 401 g/mol. The monoisotopic (exact) mass is 401 g/mol. The van der Waals surface area contributed by atoms with E-state index in [-0.39, 0.29) is 11.9 Å². The van der Waals surface area contributed by atoms with Gasteiger partial charge in [-0.3, -0.25) is 14.3 Å². The molecule has 4 rings (SSSR count). The number of carbonyl (C=O) groups excluding carboxylic acids is 1. The molecule has 0 aliphatic heterocycles. The molecule has 6 nitrogen and oxygen atoms in total. The standard InChI is InChI=1S/C24H23N3O3/c1-26(23(18-10-3-2-4-11-18)19-12-7-8-16-25-19)22(28)15-9-17-27-20-13-5-6-14-21(20)30-24(27)29/h2-8,10-14,16,23H,9,15,17H2,1H3. The molecule has 152 valence electrons. The van der Waals surface area contributed by atoms with Gasteiger partial charge in [-0.2, -0.15) is 0 Å². The van der Waals surface area contributed by atoms with Crippen molar-refractivity contribution in [3.05, 3.63) is 101 Å². The lowest BCUT2D eigenvalue weighted by atomic mass is 10.0. The van der Waals surface area contributed by atoms with Crippen molar-refractivity contribution in [1.29, 1.82) is 0 Å². The van der Waals surface area contributed by atoms with Crippen LogP contribution in [-0.4, -0.2) is 27.4 Å². The van der Waals surface area contributed by atoms with Gasteiger partial charge in [-0.25, -0.2) is 4.79 Å². The van der Waals surface area contributed by atoms with Gasteiger partial charge in [0.15, 0.2) is 5.58 Å². The quantitative estimate of drug-likeness (QED) is 0.469. The Balaban J connectivity index is 1.49. The van der Waals surface area contributed by atoms with Crippen LogP contribution in [0.2, 0.25) is 0 Å². The largest absolute Gasteiger partial charge is 0.419 e. The zero-order valence-electron chi connectivity index (χ0n) is 16.8. The van der Waals surface area contributed by atoms with E-state index in [1.807, 2.05) is 66.7 Å². The molecule has 4 aromatic rings. The number of rotatable bonds is 7. The predicted molar refractivity (Wildman–Crippen MR) is 115 cm³/mol. The van der Waals surface area contributed by atoms with Crippen LogP contribution in [0.25, 0.3) is 11.1 Å². The van der Waals surface area contributed by atoms with Crippen LogP contribution in [0.1, 0.15) is 30.1 Å². The Labute approximate surface area is 174 Å². The Morgan fingerprint density at radius 2 is 1.77 bits per heavy atom. The molecule has 0 aliphatic carbocycles. The van der Waals surface area contributed by atoms with Crippen LogP contribution in [0, 0.1) is 0 Å². The van der Waals surface area contributed by atoms with E-state index in [0.29, 0.717) is 25.0 Å². The van der Waals surface area contributed by atoms with Crippen molar-refractivity contribution < 1.29 is 9.21 Å². The Hall–Kier alpha value is -3.67. The molecule has 0 saturated carbocycles. The lowest BCUT2D eigenvalue weighted by Gasteiger charge is -2.28. The number of hydrogen-bond acceptors (Lipinski definition) is 4. The summed E-state index contributed by atoms with van der Waals surface area (Å²) in [5.74, 6) is -0.400. The van der Waals surface area contributed by atoms with Crippen molar-refractivity contribution in [2.24, 2.45) is 0 Å². The summed E-state index contributed by atoms with van der Waals surface area (Å²) in [4.78, 5) is 31.3. The van der Waals surface area contributed by atoms with Gasteiger partial charge in [-0.1, -0.05) is 48.5 Å². The lowest BCUT2D eigenvalue weighted by Crippen LogP contribution is -2.32. The number of nitrogens with zero attached hydrogens (tertiary/aromatic N) is 3. The second-order valence-electron chi connectivity index (χ2n) is 7.16. The Kier molecular flexibility index (Phi) is 5.75. The van der Waals surface area contributed by atoms with Crippen molar-refractivity contribution in [2.75, 3.05) is 7.05 Å². The highest BCUT2D eigenvalue weighted by atomic mass is 16.4. The van der Waals surface area contributed by atoms with Crippen LogP contribution in [0.3, 0.4) is 0 Å². The maximum atomic E-state index is 13.0. The molecule has 2 heterocycles. The van der Waals surface area contributed by atoms with Crippen LogP contribution in [0.5, 0.6) is 0 Å². The lowest BCUT2D eigenvalue weighted by molar-refractivity contribution is -0.131. The number of carbonyl (C=O) groups is 1. The Morgan fingerprint density at radius 3 is 2.53 bits per heavy atom. The van der Waals surface area contributed by atoms with Crippen molar-refractivity contribution in [3.8, 4) is 0 Å². The third-order valence-electron chi connectivity index (χ3n) is 5.21. The van der Waals surface area contributed by atoms with Crippen LogP contribution in [-0.2, 0) is 11.3 Å². The number of pyridine rings is 1.